The maximum atomic E-state index is 6.31. The average Bonchev–Trinajstić information content (AvgIpc) is 2.13. The van der Waals surface area contributed by atoms with Gasteiger partial charge < -0.3 is 5.32 Å². The summed E-state index contributed by atoms with van der Waals surface area (Å²) in [7, 11) is 0. The molecule has 0 amide bonds. The fourth-order valence-corrected chi connectivity index (χ4v) is 2.51. The number of hydrogen-bond donors (Lipinski definition) is 1. The van der Waals surface area contributed by atoms with Crippen molar-refractivity contribution in [1.82, 2.24) is 5.32 Å². The van der Waals surface area contributed by atoms with Crippen LogP contribution < -0.4 is 5.32 Å². The van der Waals surface area contributed by atoms with Crippen LogP contribution in [0.4, 0.5) is 0 Å². The van der Waals surface area contributed by atoms with Crippen LogP contribution in [-0.4, -0.2) is 18.5 Å². The number of halogens is 1. The second-order valence-electron chi connectivity index (χ2n) is 6.08. The van der Waals surface area contributed by atoms with Crippen LogP contribution in [0.2, 0.25) is 0 Å². The molecule has 0 saturated heterocycles. The van der Waals surface area contributed by atoms with E-state index in [1.807, 2.05) is 0 Å². The molecule has 0 radical (unpaired) electrons. The molecular formula is C13H26ClN. The highest BCUT2D eigenvalue weighted by molar-refractivity contribution is 6.20. The van der Waals surface area contributed by atoms with Crippen LogP contribution in [0, 0.1) is 11.3 Å². The molecule has 1 aliphatic carbocycles. The number of rotatable bonds is 4. The molecule has 90 valence electrons. The largest absolute Gasteiger partial charge is 0.316 e. The zero-order valence-electron chi connectivity index (χ0n) is 10.5. The average molecular weight is 232 g/mol. The molecule has 1 N–H and O–H groups in total. The third-order valence-corrected chi connectivity index (χ3v) is 3.85. The van der Waals surface area contributed by atoms with Crippen LogP contribution in [0.25, 0.3) is 0 Å². The van der Waals surface area contributed by atoms with E-state index in [1.165, 1.54) is 32.1 Å². The Morgan fingerprint density at radius 3 is 2.47 bits per heavy atom. The maximum absolute atomic E-state index is 6.31. The third kappa shape index (κ3) is 5.77. The van der Waals surface area contributed by atoms with Gasteiger partial charge in [-0.1, -0.05) is 33.6 Å². The van der Waals surface area contributed by atoms with Crippen molar-refractivity contribution in [3.8, 4) is 0 Å². The Morgan fingerprint density at radius 2 is 1.87 bits per heavy atom. The van der Waals surface area contributed by atoms with E-state index in [2.05, 4.69) is 26.1 Å². The zero-order valence-corrected chi connectivity index (χ0v) is 11.2. The Kier molecular flexibility index (Phi) is 5.42. The molecular weight excluding hydrogens is 206 g/mol. The smallest absolute Gasteiger partial charge is 0.0376 e. The summed E-state index contributed by atoms with van der Waals surface area (Å²) in [6.45, 7) is 9.12. The Balaban J connectivity index is 2.08. The highest BCUT2D eigenvalue weighted by Gasteiger charge is 2.22. The first-order valence-corrected chi connectivity index (χ1v) is 6.77. The molecule has 1 fully saturated rings. The molecule has 0 heterocycles. The van der Waals surface area contributed by atoms with Gasteiger partial charge in [0, 0.05) is 5.38 Å². The standard InChI is InChI=1S/C13H26ClN/c1-13(2,3)8-9-15-10-11-6-4-5-7-12(11)14/h11-12,15H,4-10H2,1-3H3. The minimum Gasteiger partial charge on any atom is -0.316 e. The van der Waals surface area contributed by atoms with E-state index < -0.39 is 0 Å². The molecule has 15 heavy (non-hydrogen) atoms. The fraction of sp³-hybridized carbons (Fsp3) is 1.00. The highest BCUT2D eigenvalue weighted by Crippen LogP contribution is 2.28. The number of nitrogens with one attached hydrogen (secondary N) is 1. The monoisotopic (exact) mass is 231 g/mol. The van der Waals surface area contributed by atoms with E-state index in [9.17, 15) is 0 Å². The first kappa shape index (κ1) is 13.3. The van der Waals surface area contributed by atoms with Gasteiger partial charge in [-0.2, -0.15) is 0 Å². The summed E-state index contributed by atoms with van der Waals surface area (Å²) in [4.78, 5) is 0. The van der Waals surface area contributed by atoms with Crippen molar-refractivity contribution in [1.29, 1.82) is 0 Å². The summed E-state index contributed by atoms with van der Waals surface area (Å²) in [5.41, 5.74) is 0.444. The molecule has 0 aromatic rings. The van der Waals surface area contributed by atoms with Crippen LogP contribution in [0.3, 0.4) is 0 Å². The van der Waals surface area contributed by atoms with Gasteiger partial charge in [0.15, 0.2) is 0 Å². The van der Waals surface area contributed by atoms with Crippen molar-refractivity contribution >= 4 is 11.6 Å². The molecule has 1 nitrogen and oxygen atoms in total. The Hall–Kier alpha value is 0.250. The Morgan fingerprint density at radius 1 is 1.20 bits per heavy atom. The van der Waals surface area contributed by atoms with Crippen molar-refractivity contribution in [2.45, 2.75) is 58.3 Å². The van der Waals surface area contributed by atoms with E-state index in [0.29, 0.717) is 16.7 Å². The van der Waals surface area contributed by atoms with Crippen LogP contribution in [-0.2, 0) is 0 Å². The predicted octanol–water partition coefficient (Wildman–Crippen LogP) is 3.81. The van der Waals surface area contributed by atoms with Crippen molar-refractivity contribution in [3.05, 3.63) is 0 Å². The summed E-state index contributed by atoms with van der Waals surface area (Å²) in [6, 6.07) is 0. The molecule has 1 rings (SSSR count). The van der Waals surface area contributed by atoms with Gasteiger partial charge in [0.25, 0.3) is 0 Å². The molecule has 0 aliphatic heterocycles. The van der Waals surface area contributed by atoms with E-state index in [-0.39, 0.29) is 0 Å². The molecule has 1 aliphatic rings. The van der Waals surface area contributed by atoms with E-state index in [4.69, 9.17) is 11.6 Å². The number of hydrogen-bond acceptors (Lipinski definition) is 1. The van der Waals surface area contributed by atoms with Gasteiger partial charge in [0.05, 0.1) is 0 Å². The summed E-state index contributed by atoms with van der Waals surface area (Å²) >= 11 is 6.31. The van der Waals surface area contributed by atoms with Crippen molar-refractivity contribution in [3.63, 3.8) is 0 Å². The topological polar surface area (TPSA) is 12.0 Å². The molecule has 0 bridgehead atoms. The van der Waals surface area contributed by atoms with Gasteiger partial charge in [0.2, 0.25) is 0 Å². The van der Waals surface area contributed by atoms with Gasteiger partial charge in [0.1, 0.15) is 0 Å². The van der Waals surface area contributed by atoms with E-state index in [1.54, 1.807) is 0 Å². The van der Waals surface area contributed by atoms with Gasteiger partial charge in [-0.3, -0.25) is 0 Å². The van der Waals surface area contributed by atoms with Crippen molar-refractivity contribution in [2.75, 3.05) is 13.1 Å². The summed E-state index contributed by atoms with van der Waals surface area (Å²) in [5, 5.41) is 3.98. The highest BCUT2D eigenvalue weighted by atomic mass is 35.5. The Bertz CT molecular complexity index is 174. The minimum absolute atomic E-state index is 0.417. The normalized spacial score (nSPS) is 28.0. The molecule has 1 saturated carbocycles. The second kappa shape index (κ2) is 6.10. The first-order valence-electron chi connectivity index (χ1n) is 6.34. The molecule has 2 unspecified atom stereocenters. The van der Waals surface area contributed by atoms with E-state index >= 15 is 0 Å². The van der Waals surface area contributed by atoms with Crippen molar-refractivity contribution in [2.24, 2.45) is 11.3 Å². The van der Waals surface area contributed by atoms with Crippen molar-refractivity contribution < 1.29 is 0 Å². The van der Waals surface area contributed by atoms with Gasteiger partial charge >= 0.3 is 0 Å². The lowest BCUT2D eigenvalue weighted by Gasteiger charge is -2.27. The maximum Gasteiger partial charge on any atom is 0.0376 e. The lowest BCUT2D eigenvalue weighted by Crippen LogP contribution is -2.32. The lowest BCUT2D eigenvalue weighted by molar-refractivity contribution is 0.325. The quantitative estimate of drug-likeness (QED) is 0.573. The Labute approximate surface area is 100.0 Å². The molecule has 2 atom stereocenters. The molecule has 0 aromatic carbocycles. The van der Waals surface area contributed by atoms with Crippen LogP contribution in [0.15, 0.2) is 0 Å². The SMILES string of the molecule is CC(C)(C)CCNCC1CCCCC1Cl. The van der Waals surface area contributed by atoms with Gasteiger partial charge in [-0.05, 0) is 43.7 Å². The van der Waals surface area contributed by atoms with Crippen LogP contribution in [0.1, 0.15) is 52.9 Å². The summed E-state index contributed by atoms with van der Waals surface area (Å²) in [5.74, 6) is 0.709. The van der Waals surface area contributed by atoms with Gasteiger partial charge in [-0.25, -0.2) is 0 Å². The molecule has 2 heteroatoms. The molecule has 0 aromatic heterocycles. The fourth-order valence-electron chi connectivity index (χ4n) is 2.14. The summed E-state index contributed by atoms with van der Waals surface area (Å²) in [6.07, 6.45) is 6.47. The third-order valence-electron chi connectivity index (χ3n) is 3.27. The predicted molar refractivity (Wildman–Crippen MR) is 68.5 cm³/mol. The first-order chi connectivity index (χ1) is 6.99. The summed E-state index contributed by atoms with van der Waals surface area (Å²) < 4.78 is 0. The second-order valence-corrected chi connectivity index (χ2v) is 6.64. The zero-order chi connectivity index (χ0) is 11.3. The molecule has 0 spiro atoms. The van der Waals surface area contributed by atoms with Crippen LogP contribution >= 0.6 is 11.6 Å². The van der Waals surface area contributed by atoms with E-state index in [0.717, 1.165) is 13.1 Å². The number of alkyl halides is 1. The minimum atomic E-state index is 0.417. The lowest BCUT2D eigenvalue weighted by atomic mass is 9.88. The van der Waals surface area contributed by atoms with Crippen LogP contribution in [0.5, 0.6) is 0 Å². The van der Waals surface area contributed by atoms with Gasteiger partial charge in [-0.15, -0.1) is 11.6 Å².